The molecule has 1 rings (SSSR count). The van der Waals surface area contributed by atoms with Crippen LogP contribution in [0.1, 0.15) is 47.5 Å². The van der Waals surface area contributed by atoms with Crippen molar-refractivity contribution >= 4 is 17.4 Å². The van der Waals surface area contributed by atoms with Crippen molar-refractivity contribution in [3.63, 3.8) is 0 Å². The number of azo groups is 1. The van der Waals surface area contributed by atoms with Crippen LogP contribution in [0.3, 0.4) is 0 Å². The number of nitrogens with one attached hydrogen (secondary N) is 1. The van der Waals surface area contributed by atoms with E-state index >= 15 is 0 Å². The highest BCUT2D eigenvalue weighted by Crippen LogP contribution is 2.24. The molecular formula is C11H21N3OS. The molecule has 4 nitrogen and oxygen atoms in total. The van der Waals surface area contributed by atoms with Crippen LogP contribution in [0.2, 0.25) is 0 Å². The molecule has 0 bridgehead atoms. The second-order valence-electron chi connectivity index (χ2n) is 5.66. The maximum Gasteiger partial charge on any atom is 0.258 e. The van der Waals surface area contributed by atoms with E-state index in [2.05, 4.69) is 15.5 Å². The fourth-order valence-corrected chi connectivity index (χ4v) is 1.30. The fourth-order valence-electron chi connectivity index (χ4n) is 0.916. The van der Waals surface area contributed by atoms with Crippen molar-refractivity contribution in [1.29, 1.82) is 0 Å². The van der Waals surface area contributed by atoms with Gasteiger partial charge in [-0.25, -0.2) is 0 Å². The van der Waals surface area contributed by atoms with Gasteiger partial charge in [0.1, 0.15) is 11.8 Å². The summed E-state index contributed by atoms with van der Waals surface area (Å²) in [6.45, 7) is 9.86. The largest absolute Gasteiger partial charge is 0.468 e. The van der Waals surface area contributed by atoms with Crippen molar-refractivity contribution in [1.82, 2.24) is 5.32 Å². The lowest BCUT2D eigenvalue weighted by molar-refractivity contribution is 0.266. The predicted molar refractivity (Wildman–Crippen MR) is 68.5 cm³/mol. The van der Waals surface area contributed by atoms with Crippen LogP contribution in [0.4, 0.5) is 0 Å². The van der Waals surface area contributed by atoms with E-state index in [0.717, 1.165) is 12.8 Å². The Hall–Kier alpha value is -0.710. The summed E-state index contributed by atoms with van der Waals surface area (Å²) in [4.78, 5) is 0. The molecule has 1 aliphatic rings. The van der Waals surface area contributed by atoms with Gasteiger partial charge in [0, 0.05) is 0 Å². The normalized spacial score (nSPS) is 17.6. The highest BCUT2D eigenvalue weighted by atomic mass is 32.1. The van der Waals surface area contributed by atoms with Gasteiger partial charge in [-0.2, -0.15) is 10.2 Å². The van der Waals surface area contributed by atoms with Crippen LogP contribution in [0.5, 0.6) is 0 Å². The summed E-state index contributed by atoms with van der Waals surface area (Å²) in [5.41, 5.74) is -0.683. The maximum atomic E-state index is 5.45. The molecule has 0 spiro atoms. The lowest BCUT2D eigenvalue weighted by Crippen LogP contribution is -2.42. The summed E-state index contributed by atoms with van der Waals surface area (Å²) in [5, 5.41) is 11.9. The van der Waals surface area contributed by atoms with Gasteiger partial charge in [0.25, 0.3) is 5.17 Å². The topological polar surface area (TPSA) is 46.0 Å². The Kier molecular flexibility index (Phi) is 3.88. The van der Waals surface area contributed by atoms with Gasteiger partial charge in [0.05, 0.1) is 5.54 Å². The Morgan fingerprint density at radius 2 is 1.75 bits per heavy atom. The van der Waals surface area contributed by atoms with E-state index in [1.807, 2.05) is 34.6 Å². The molecule has 0 aromatic heterocycles. The molecular weight excluding hydrogens is 222 g/mol. The number of ether oxygens (including phenoxy) is 1. The lowest BCUT2D eigenvalue weighted by Gasteiger charge is -2.23. The molecule has 0 aromatic rings. The molecule has 1 aliphatic carbocycles. The number of hydrogen-bond acceptors (Lipinski definition) is 4. The van der Waals surface area contributed by atoms with Crippen LogP contribution in [-0.2, 0) is 4.74 Å². The molecule has 1 N–H and O–H groups in total. The minimum atomic E-state index is -0.515. The lowest BCUT2D eigenvalue weighted by atomic mass is 10.1. The van der Waals surface area contributed by atoms with Crippen molar-refractivity contribution < 1.29 is 4.74 Å². The van der Waals surface area contributed by atoms with Crippen molar-refractivity contribution in [2.45, 2.75) is 64.8 Å². The molecule has 16 heavy (non-hydrogen) atoms. The van der Waals surface area contributed by atoms with Crippen LogP contribution >= 0.6 is 12.2 Å². The Morgan fingerprint density at radius 3 is 2.19 bits per heavy atom. The van der Waals surface area contributed by atoms with E-state index in [4.69, 9.17) is 17.0 Å². The zero-order valence-corrected chi connectivity index (χ0v) is 11.5. The van der Waals surface area contributed by atoms with Gasteiger partial charge < -0.3 is 10.1 Å². The van der Waals surface area contributed by atoms with Gasteiger partial charge >= 0.3 is 0 Å². The number of thiocarbonyl (C=S) groups is 1. The van der Waals surface area contributed by atoms with E-state index in [9.17, 15) is 0 Å². The SMILES string of the molecule is CC(C)(C)/N=N/C(C)(C)NC(=S)OC1CC1. The van der Waals surface area contributed by atoms with Gasteiger partial charge in [0.2, 0.25) is 0 Å². The Labute approximate surface area is 103 Å². The van der Waals surface area contributed by atoms with Crippen LogP contribution in [-0.4, -0.2) is 22.5 Å². The van der Waals surface area contributed by atoms with Crippen LogP contribution < -0.4 is 5.32 Å². The van der Waals surface area contributed by atoms with E-state index in [0.29, 0.717) is 11.3 Å². The minimum absolute atomic E-state index is 0.169. The predicted octanol–water partition coefficient (Wildman–Crippen LogP) is 3.03. The Morgan fingerprint density at radius 1 is 1.19 bits per heavy atom. The molecule has 0 aromatic carbocycles. The summed E-state index contributed by atoms with van der Waals surface area (Å²) in [7, 11) is 0. The van der Waals surface area contributed by atoms with Gasteiger partial charge in [-0.05, 0) is 59.7 Å². The molecule has 0 aliphatic heterocycles. The number of rotatable bonds is 3. The van der Waals surface area contributed by atoms with Crippen molar-refractivity contribution in [3.05, 3.63) is 0 Å². The standard InChI is InChI=1S/C11H21N3OS/c1-10(2,3)13-14-11(4,5)12-9(16)15-8-6-7-8/h8H,6-7H2,1-5H3,(H,12,16)/b14-13+. The van der Waals surface area contributed by atoms with Crippen molar-refractivity contribution in [3.8, 4) is 0 Å². The Bertz CT molecular complexity index is 290. The highest BCUT2D eigenvalue weighted by molar-refractivity contribution is 7.80. The molecule has 1 saturated carbocycles. The van der Waals surface area contributed by atoms with Gasteiger partial charge in [0.15, 0.2) is 0 Å². The first kappa shape index (κ1) is 13.4. The fraction of sp³-hybridized carbons (Fsp3) is 0.909. The average molecular weight is 243 g/mol. The summed E-state index contributed by atoms with van der Waals surface area (Å²) in [6, 6.07) is 0. The third-order valence-electron chi connectivity index (χ3n) is 1.81. The second-order valence-corrected chi connectivity index (χ2v) is 6.03. The molecule has 0 radical (unpaired) electrons. The zero-order chi connectivity index (χ0) is 12.4. The smallest absolute Gasteiger partial charge is 0.258 e. The third kappa shape index (κ3) is 6.00. The first-order chi connectivity index (χ1) is 7.18. The van der Waals surface area contributed by atoms with Crippen molar-refractivity contribution in [2.24, 2.45) is 10.2 Å². The molecule has 92 valence electrons. The summed E-state index contributed by atoms with van der Waals surface area (Å²) in [6.07, 6.45) is 2.52. The molecule has 0 saturated heterocycles. The van der Waals surface area contributed by atoms with Gasteiger partial charge in [-0.1, -0.05) is 0 Å². The van der Waals surface area contributed by atoms with E-state index in [-0.39, 0.29) is 5.54 Å². The highest BCUT2D eigenvalue weighted by Gasteiger charge is 2.27. The van der Waals surface area contributed by atoms with E-state index in [1.165, 1.54) is 0 Å². The third-order valence-corrected chi connectivity index (χ3v) is 2.00. The number of hydrogen-bond donors (Lipinski definition) is 1. The van der Waals surface area contributed by atoms with E-state index in [1.54, 1.807) is 0 Å². The first-order valence-electron chi connectivity index (χ1n) is 5.61. The monoisotopic (exact) mass is 243 g/mol. The Balaban J connectivity index is 2.43. The quantitative estimate of drug-likeness (QED) is 0.612. The minimum Gasteiger partial charge on any atom is -0.468 e. The van der Waals surface area contributed by atoms with Gasteiger partial charge in [-0.15, -0.1) is 0 Å². The zero-order valence-electron chi connectivity index (χ0n) is 10.7. The first-order valence-corrected chi connectivity index (χ1v) is 6.02. The van der Waals surface area contributed by atoms with Crippen LogP contribution in [0.15, 0.2) is 10.2 Å². The molecule has 0 heterocycles. The molecule has 5 heteroatoms. The van der Waals surface area contributed by atoms with Crippen LogP contribution in [0.25, 0.3) is 0 Å². The molecule has 0 unspecified atom stereocenters. The summed E-state index contributed by atoms with van der Waals surface area (Å²) < 4.78 is 5.45. The molecule has 1 fully saturated rings. The molecule has 0 amide bonds. The summed E-state index contributed by atoms with van der Waals surface area (Å²) >= 11 is 5.09. The second kappa shape index (κ2) is 4.65. The van der Waals surface area contributed by atoms with Crippen molar-refractivity contribution in [2.75, 3.05) is 0 Å². The summed E-state index contributed by atoms with van der Waals surface area (Å²) in [5.74, 6) is 0. The van der Waals surface area contributed by atoms with Crippen LogP contribution in [0, 0.1) is 0 Å². The molecule has 0 atom stereocenters. The average Bonchev–Trinajstić information content (AvgIpc) is 2.82. The van der Waals surface area contributed by atoms with Gasteiger partial charge in [-0.3, -0.25) is 0 Å². The number of nitrogens with zero attached hydrogens (tertiary/aromatic N) is 2. The maximum absolute atomic E-state index is 5.45. The van der Waals surface area contributed by atoms with E-state index < -0.39 is 5.66 Å².